The monoisotopic (exact) mass is 222 g/mol. The van der Waals surface area contributed by atoms with E-state index in [0.29, 0.717) is 0 Å². The summed E-state index contributed by atoms with van der Waals surface area (Å²) in [6.07, 6.45) is 0. The number of carbonyl (C=O) groups is 2. The third kappa shape index (κ3) is 9.34. The van der Waals surface area contributed by atoms with E-state index in [2.05, 4.69) is 9.47 Å². The highest BCUT2D eigenvalue weighted by atomic mass is 32.2. The third-order valence-electron chi connectivity index (χ3n) is 1.23. The Morgan fingerprint density at radius 3 is 1.71 bits per heavy atom. The van der Waals surface area contributed by atoms with Crippen LogP contribution in [0.25, 0.3) is 0 Å². The van der Waals surface area contributed by atoms with Crippen molar-refractivity contribution in [2.24, 2.45) is 0 Å². The molecule has 0 aromatic heterocycles. The van der Waals surface area contributed by atoms with Crippen molar-refractivity contribution in [1.29, 1.82) is 0 Å². The summed E-state index contributed by atoms with van der Waals surface area (Å²) in [6.45, 7) is 2.87. The predicted molar refractivity (Wildman–Crippen MR) is 51.1 cm³/mol. The maximum absolute atomic E-state index is 11.1. The van der Waals surface area contributed by atoms with Crippen LogP contribution in [0.15, 0.2) is 0 Å². The van der Waals surface area contributed by atoms with Crippen LogP contribution in [0.5, 0.6) is 0 Å². The molecule has 82 valence electrons. The van der Waals surface area contributed by atoms with Gasteiger partial charge < -0.3 is 14.0 Å². The van der Waals surface area contributed by atoms with Gasteiger partial charge in [0.1, 0.15) is 24.7 Å². The lowest BCUT2D eigenvalue weighted by Crippen LogP contribution is -2.20. The Kier molecular flexibility index (Phi) is 7.23. The molecule has 0 heterocycles. The zero-order valence-electron chi connectivity index (χ0n) is 8.28. The van der Waals surface area contributed by atoms with Gasteiger partial charge in [-0.25, -0.2) is 0 Å². The number of rotatable bonds is 6. The Hall–Kier alpha value is -0.750. The number of hydrogen-bond donors (Lipinski definition) is 0. The molecule has 0 rings (SSSR count). The molecule has 0 aromatic rings. The second-order valence-electron chi connectivity index (χ2n) is 2.53. The van der Waals surface area contributed by atoms with Crippen LogP contribution >= 0.6 is 0 Å². The Bertz CT molecular complexity index is 174. The molecule has 0 saturated carbocycles. The van der Waals surface area contributed by atoms with E-state index in [4.69, 9.17) is 0 Å². The summed E-state index contributed by atoms with van der Waals surface area (Å²) in [6, 6.07) is 0. The molecule has 0 saturated heterocycles. The number of ether oxygens (including phenoxy) is 2. The van der Waals surface area contributed by atoms with Gasteiger partial charge in [-0.15, -0.1) is 0 Å². The first kappa shape index (κ1) is 13.2. The van der Waals surface area contributed by atoms with E-state index >= 15 is 0 Å². The third-order valence-corrected chi connectivity index (χ3v) is 2.48. The van der Waals surface area contributed by atoms with Crippen molar-refractivity contribution in [3.63, 3.8) is 0 Å². The van der Waals surface area contributed by atoms with Crippen LogP contribution in [-0.4, -0.2) is 41.2 Å². The molecule has 0 unspecified atom stereocenters. The normalized spacial score (nSPS) is 10.0. The molecule has 0 spiro atoms. The molecule has 0 N–H and O–H groups in total. The van der Waals surface area contributed by atoms with Gasteiger partial charge in [-0.2, -0.15) is 0 Å². The largest absolute Gasteiger partial charge is 0.616 e. The molecule has 0 aliphatic rings. The highest BCUT2D eigenvalue weighted by Crippen LogP contribution is 1.92. The Balaban J connectivity index is 3.32. The summed E-state index contributed by atoms with van der Waals surface area (Å²) >= 11 is -1.11. The van der Waals surface area contributed by atoms with Crippen LogP contribution in [0.2, 0.25) is 0 Å². The van der Waals surface area contributed by atoms with Gasteiger partial charge in [0.15, 0.2) is 0 Å². The topological polar surface area (TPSA) is 75.7 Å². The van der Waals surface area contributed by atoms with Gasteiger partial charge in [0.05, 0.1) is 0 Å². The van der Waals surface area contributed by atoms with Gasteiger partial charge in [-0.3, -0.25) is 9.59 Å². The summed E-state index contributed by atoms with van der Waals surface area (Å²) in [4.78, 5) is 20.7. The predicted octanol–water partition coefficient (Wildman–Crippen LogP) is -0.139. The van der Waals surface area contributed by atoms with Gasteiger partial charge >= 0.3 is 11.9 Å². The van der Waals surface area contributed by atoms with Gasteiger partial charge in [0, 0.05) is 13.8 Å². The standard InChI is InChI=1S/C8H14O5S/c1-7(9)12-3-5-14(11)6-4-13-8(2)10/h3-6H2,1-2H3. The van der Waals surface area contributed by atoms with Crippen molar-refractivity contribution < 1.29 is 23.6 Å². The summed E-state index contributed by atoms with van der Waals surface area (Å²) in [5, 5.41) is 0. The molecule has 0 radical (unpaired) electrons. The van der Waals surface area contributed by atoms with Gasteiger partial charge in [-0.1, -0.05) is 0 Å². The van der Waals surface area contributed by atoms with E-state index in [1.807, 2.05) is 0 Å². The highest BCUT2D eigenvalue weighted by molar-refractivity contribution is 7.91. The van der Waals surface area contributed by atoms with Gasteiger partial charge in [0.2, 0.25) is 0 Å². The van der Waals surface area contributed by atoms with E-state index in [-0.39, 0.29) is 36.7 Å². The fourth-order valence-electron chi connectivity index (χ4n) is 0.659. The van der Waals surface area contributed by atoms with Crippen LogP contribution in [0.4, 0.5) is 0 Å². The van der Waals surface area contributed by atoms with E-state index in [1.54, 1.807) is 0 Å². The molecule has 0 atom stereocenters. The van der Waals surface area contributed by atoms with Crippen molar-refractivity contribution in [3.05, 3.63) is 0 Å². The zero-order valence-corrected chi connectivity index (χ0v) is 9.09. The zero-order chi connectivity index (χ0) is 11.0. The molecule has 0 amide bonds. The molecule has 5 nitrogen and oxygen atoms in total. The van der Waals surface area contributed by atoms with Crippen LogP contribution < -0.4 is 0 Å². The Morgan fingerprint density at radius 2 is 1.43 bits per heavy atom. The fraction of sp³-hybridized carbons (Fsp3) is 0.750. The maximum Gasteiger partial charge on any atom is 0.302 e. The van der Waals surface area contributed by atoms with E-state index in [0.717, 1.165) is 0 Å². The minimum atomic E-state index is -1.11. The van der Waals surface area contributed by atoms with Crippen LogP contribution in [0.3, 0.4) is 0 Å². The van der Waals surface area contributed by atoms with Crippen molar-refractivity contribution in [3.8, 4) is 0 Å². The van der Waals surface area contributed by atoms with Crippen molar-refractivity contribution in [2.45, 2.75) is 13.8 Å². The minimum absolute atomic E-state index is 0.141. The first-order valence-corrected chi connectivity index (χ1v) is 5.63. The van der Waals surface area contributed by atoms with Crippen LogP contribution in [-0.2, 0) is 30.2 Å². The SMILES string of the molecule is CC(=O)OCC[S+]([O-])CCOC(C)=O. The Labute approximate surface area is 85.9 Å². The summed E-state index contributed by atoms with van der Waals surface area (Å²) < 4.78 is 20.3. The molecule has 0 aliphatic carbocycles. The maximum atomic E-state index is 11.1. The lowest BCUT2D eigenvalue weighted by Gasteiger charge is -2.10. The van der Waals surface area contributed by atoms with Crippen molar-refractivity contribution in [1.82, 2.24) is 0 Å². The molecular formula is C8H14O5S. The van der Waals surface area contributed by atoms with Crippen LogP contribution in [0.1, 0.15) is 13.8 Å². The second-order valence-corrected chi connectivity index (χ2v) is 4.22. The molecule has 0 aliphatic heterocycles. The summed E-state index contributed by atoms with van der Waals surface area (Å²) in [5.74, 6) is -0.217. The lowest BCUT2D eigenvalue weighted by molar-refractivity contribution is -0.141. The molecule has 14 heavy (non-hydrogen) atoms. The molecular weight excluding hydrogens is 208 g/mol. The average Bonchev–Trinajstić information content (AvgIpc) is 2.02. The number of esters is 2. The summed E-state index contributed by atoms with van der Waals surface area (Å²) in [5.41, 5.74) is 0. The molecule has 6 heteroatoms. The number of carbonyl (C=O) groups excluding carboxylic acids is 2. The second kappa shape index (κ2) is 7.64. The van der Waals surface area contributed by atoms with Crippen LogP contribution in [0, 0.1) is 0 Å². The smallest absolute Gasteiger partial charge is 0.302 e. The van der Waals surface area contributed by atoms with E-state index in [1.165, 1.54) is 13.8 Å². The van der Waals surface area contributed by atoms with Crippen molar-refractivity contribution in [2.75, 3.05) is 24.7 Å². The molecule has 0 bridgehead atoms. The first-order valence-electron chi connectivity index (χ1n) is 4.14. The first-order chi connectivity index (χ1) is 6.52. The van der Waals surface area contributed by atoms with Crippen molar-refractivity contribution >= 4 is 23.1 Å². The minimum Gasteiger partial charge on any atom is -0.616 e. The van der Waals surface area contributed by atoms with E-state index < -0.39 is 11.2 Å². The number of hydrogen-bond acceptors (Lipinski definition) is 5. The average molecular weight is 222 g/mol. The highest BCUT2D eigenvalue weighted by Gasteiger charge is 2.07. The lowest BCUT2D eigenvalue weighted by atomic mass is 10.8. The van der Waals surface area contributed by atoms with Gasteiger partial charge in [0.25, 0.3) is 0 Å². The molecule has 0 aromatic carbocycles. The fourth-order valence-corrected chi connectivity index (χ4v) is 1.40. The van der Waals surface area contributed by atoms with Gasteiger partial charge in [-0.05, 0) is 11.2 Å². The van der Waals surface area contributed by atoms with E-state index in [9.17, 15) is 14.1 Å². The quantitative estimate of drug-likeness (QED) is 0.462. The molecule has 0 fully saturated rings. The summed E-state index contributed by atoms with van der Waals surface area (Å²) in [7, 11) is 0. The Morgan fingerprint density at radius 1 is 1.07 bits per heavy atom.